The fourth-order valence-corrected chi connectivity index (χ4v) is 2.79. The van der Waals surface area contributed by atoms with Gasteiger partial charge in [-0.1, -0.05) is 6.92 Å². The van der Waals surface area contributed by atoms with E-state index in [1.54, 1.807) is 6.07 Å². The predicted octanol–water partition coefficient (Wildman–Crippen LogP) is 2.26. The fourth-order valence-electron chi connectivity index (χ4n) is 2.79. The van der Waals surface area contributed by atoms with Crippen LogP contribution in [0.25, 0.3) is 0 Å². The van der Waals surface area contributed by atoms with E-state index in [9.17, 15) is 4.39 Å². The zero-order valence-electron chi connectivity index (χ0n) is 11.3. The Balaban J connectivity index is 2.12. The van der Waals surface area contributed by atoms with Gasteiger partial charge < -0.3 is 5.73 Å². The Bertz CT molecular complexity index is 481. The van der Waals surface area contributed by atoms with E-state index in [-0.39, 0.29) is 5.82 Å². The lowest BCUT2D eigenvalue weighted by Gasteiger charge is -2.38. The summed E-state index contributed by atoms with van der Waals surface area (Å²) < 4.78 is 13.4. The normalized spacial score (nSPS) is 24.1. The number of halogens is 1. The molecule has 0 radical (unpaired) electrons. The first-order valence-corrected chi connectivity index (χ1v) is 6.76. The first kappa shape index (κ1) is 14.0. The van der Waals surface area contributed by atoms with E-state index in [0.29, 0.717) is 30.6 Å². The average Bonchev–Trinajstić information content (AvgIpc) is 2.40. The van der Waals surface area contributed by atoms with Gasteiger partial charge in [-0.15, -0.1) is 0 Å². The number of rotatable bonds is 3. The lowest BCUT2D eigenvalue weighted by atomic mass is 9.92. The number of hydrogen-bond donors (Lipinski definition) is 1. The Labute approximate surface area is 113 Å². The zero-order valence-corrected chi connectivity index (χ0v) is 11.3. The molecule has 1 aliphatic heterocycles. The second-order valence-corrected chi connectivity index (χ2v) is 5.45. The predicted molar refractivity (Wildman–Crippen MR) is 72.8 cm³/mol. The Morgan fingerprint density at radius 2 is 2.26 bits per heavy atom. The van der Waals surface area contributed by atoms with Crippen LogP contribution in [0.5, 0.6) is 0 Å². The Morgan fingerprint density at radius 3 is 2.95 bits per heavy atom. The third-order valence-corrected chi connectivity index (χ3v) is 3.84. The third kappa shape index (κ3) is 3.52. The topological polar surface area (TPSA) is 53.0 Å². The first-order valence-electron chi connectivity index (χ1n) is 6.76. The molecule has 0 amide bonds. The maximum atomic E-state index is 13.4. The van der Waals surface area contributed by atoms with Crippen molar-refractivity contribution in [2.24, 2.45) is 11.7 Å². The molecule has 0 spiro atoms. The second kappa shape index (κ2) is 6.14. The van der Waals surface area contributed by atoms with Gasteiger partial charge in [0.05, 0.1) is 11.6 Å². The van der Waals surface area contributed by atoms with Crippen LogP contribution in [0.3, 0.4) is 0 Å². The van der Waals surface area contributed by atoms with Crippen molar-refractivity contribution in [3.63, 3.8) is 0 Å². The molecule has 4 heteroatoms. The molecule has 0 bridgehead atoms. The largest absolute Gasteiger partial charge is 0.329 e. The minimum Gasteiger partial charge on any atom is -0.329 e. The summed E-state index contributed by atoms with van der Waals surface area (Å²) in [6.45, 7) is 4.53. The minimum atomic E-state index is -0.344. The van der Waals surface area contributed by atoms with Gasteiger partial charge >= 0.3 is 0 Å². The number of benzene rings is 1. The number of nitrogens with zero attached hydrogens (tertiary/aromatic N) is 2. The van der Waals surface area contributed by atoms with Crippen LogP contribution in [0.2, 0.25) is 0 Å². The van der Waals surface area contributed by atoms with Gasteiger partial charge in [0, 0.05) is 19.1 Å². The van der Waals surface area contributed by atoms with Crippen molar-refractivity contribution in [3.05, 3.63) is 35.1 Å². The maximum Gasteiger partial charge on any atom is 0.124 e. The van der Waals surface area contributed by atoms with Gasteiger partial charge in [0.2, 0.25) is 0 Å². The lowest BCUT2D eigenvalue weighted by Crippen LogP contribution is -2.45. The molecule has 0 saturated carbocycles. The summed E-state index contributed by atoms with van der Waals surface area (Å²) >= 11 is 0. The highest BCUT2D eigenvalue weighted by atomic mass is 19.1. The van der Waals surface area contributed by atoms with Crippen LogP contribution in [-0.2, 0) is 6.54 Å². The van der Waals surface area contributed by atoms with Gasteiger partial charge in [-0.05, 0) is 49.1 Å². The second-order valence-electron chi connectivity index (χ2n) is 5.45. The number of hydrogen-bond acceptors (Lipinski definition) is 3. The van der Waals surface area contributed by atoms with Gasteiger partial charge in [-0.2, -0.15) is 5.26 Å². The summed E-state index contributed by atoms with van der Waals surface area (Å²) in [7, 11) is 0. The third-order valence-electron chi connectivity index (χ3n) is 3.84. The fraction of sp³-hybridized carbons (Fsp3) is 0.533. The number of likely N-dealkylation sites (tertiary alicyclic amines) is 1. The summed E-state index contributed by atoms with van der Waals surface area (Å²) in [6, 6.07) is 6.88. The van der Waals surface area contributed by atoms with Crippen LogP contribution in [0.4, 0.5) is 4.39 Å². The highest BCUT2D eigenvalue weighted by Crippen LogP contribution is 2.24. The smallest absolute Gasteiger partial charge is 0.124 e. The highest BCUT2D eigenvalue weighted by molar-refractivity contribution is 5.33. The molecule has 1 aliphatic rings. The molecule has 2 unspecified atom stereocenters. The van der Waals surface area contributed by atoms with Gasteiger partial charge in [-0.3, -0.25) is 4.90 Å². The SMILES string of the molecule is CC1CCN(Cc2cc(F)cc(C#N)c2)C(CN)C1. The molecule has 102 valence electrons. The number of piperidine rings is 1. The van der Waals surface area contributed by atoms with Gasteiger partial charge in [0.1, 0.15) is 5.82 Å². The first-order chi connectivity index (χ1) is 9.12. The summed E-state index contributed by atoms with van der Waals surface area (Å²) in [5, 5.41) is 8.87. The van der Waals surface area contributed by atoms with Crippen molar-refractivity contribution < 1.29 is 4.39 Å². The summed E-state index contributed by atoms with van der Waals surface area (Å²) in [4.78, 5) is 2.30. The van der Waals surface area contributed by atoms with Gasteiger partial charge in [0.15, 0.2) is 0 Å². The van der Waals surface area contributed by atoms with E-state index in [1.165, 1.54) is 12.1 Å². The standard InChI is InChI=1S/C15H20FN3/c1-11-2-3-19(15(4-11)9-18)10-13-5-12(8-17)6-14(16)7-13/h5-7,11,15H,2-4,9-10,18H2,1H3. The van der Waals surface area contributed by atoms with E-state index in [2.05, 4.69) is 11.8 Å². The molecular formula is C15H20FN3. The van der Waals surface area contributed by atoms with E-state index >= 15 is 0 Å². The Hall–Kier alpha value is -1.44. The van der Waals surface area contributed by atoms with Gasteiger partial charge in [-0.25, -0.2) is 4.39 Å². The van der Waals surface area contributed by atoms with E-state index < -0.39 is 0 Å². The molecule has 1 saturated heterocycles. The summed E-state index contributed by atoms with van der Waals surface area (Å²) in [6.07, 6.45) is 2.24. The highest BCUT2D eigenvalue weighted by Gasteiger charge is 2.25. The maximum absolute atomic E-state index is 13.4. The van der Waals surface area contributed by atoms with Crippen molar-refractivity contribution in [1.29, 1.82) is 5.26 Å². The van der Waals surface area contributed by atoms with Crippen molar-refractivity contribution in [2.45, 2.75) is 32.4 Å². The molecule has 3 nitrogen and oxygen atoms in total. The van der Waals surface area contributed by atoms with Crippen LogP contribution >= 0.6 is 0 Å². The molecule has 1 fully saturated rings. The molecule has 0 aliphatic carbocycles. The molecule has 19 heavy (non-hydrogen) atoms. The van der Waals surface area contributed by atoms with E-state index in [4.69, 9.17) is 11.0 Å². The van der Waals surface area contributed by atoms with Crippen LogP contribution in [0.15, 0.2) is 18.2 Å². The lowest BCUT2D eigenvalue weighted by molar-refractivity contribution is 0.115. The molecule has 2 rings (SSSR count). The van der Waals surface area contributed by atoms with Crippen LogP contribution in [0, 0.1) is 23.1 Å². The molecular weight excluding hydrogens is 241 g/mol. The zero-order chi connectivity index (χ0) is 13.8. The van der Waals surface area contributed by atoms with Crippen LogP contribution < -0.4 is 5.73 Å². The van der Waals surface area contributed by atoms with E-state index in [0.717, 1.165) is 24.9 Å². The summed E-state index contributed by atoms with van der Waals surface area (Å²) in [5.41, 5.74) is 7.06. The van der Waals surface area contributed by atoms with Crippen molar-refractivity contribution in [3.8, 4) is 6.07 Å². The van der Waals surface area contributed by atoms with Crippen LogP contribution in [0.1, 0.15) is 30.9 Å². The quantitative estimate of drug-likeness (QED) is 0.908. The molecule has 1 heterocycles. The monoisotopic (exact) mass is 261 g/mol. The van der Waals surface area contributed by atoms with Crippen LogP contribution in [-0.4, -0.2) is 24.0 Å². The Kier molecular flexibility index (Phi) is 4.52. The van der Waals surface area contributed by atoms with Crippen molar-refractivity contribution >= 4 is 0 Å². The molecule has 2 atom stereocenters. The number of nitrogens with two attached hydrogens (primary N) is 1. The average molecular weight is 261 g/mol. The van der Waals surface area contributed by atoms with Gasteiger partial charge in [0.25, 0.3) is 0 Å². The molecule has 1 aromatic carbocycles. The van der Waals surface area contributed by atoms with E-state index in [1.807, 2.05) is 6.07 Å². The summed E-state index contributed by atoms with van der Waals surface area (Å²) in [5.74, 6) is 0.357. The van der Waals surface area contributed by atoms with Crippen molar-refractivity contribution in [1.82, 2.24) is 4.90 Å². The Morgan fingerprint density at radius 1 is 1.47 bits per heavy atom. The minimum absolute atomic E-state index is 0.344. The molecule has 2 N–H and O–H groups in total. The molecule has 0 aromatic heterocycles. The number of nitriles is 1. The molecule has 1 aromatic rings. The van der Waals surface area contributed by atoms with Crippen molar-refractivity contribution in [2.75, 3.05) is 13.1 Å².